The lowest BCUT2D eigenvalue weighted by Gasteiger charge is -2.04. The van der Waals surface area contributed by atoms with Crippen LogP contribution in [0.5, 0.6) is 0 Å². The molecule has 0 unspecified atom stereocenters. The van der Waals surface area contributed by atoms with Gasteiger partial charge >= 0.3 is 0 Å². The van der Waals surface area contributed by atoms with Crippen LogP contribution in [0.4, 0.5) is 5.69 Å². The Bertz CT molecular complexity index is 411. The summed E-state index contributed by atoms with van der Waals surface area (Å²) >= 11 is 0. The van der Waals surface area contributed by atoms with Gasteiger partial charge in [-0.2, -0.15) is 5.10 Å². The van der Waals surface area contributed by atoms with Gasteiger partial charge in [0.15, 0.2) is 0 Å². The highest BCUT2D eigenvalue weighted by atomic mass is 15.3. The lowest BCUT2D eigenvalue weighted by molar-refractivity contribution is 0.546. The summed E-state index contributed by atoms with van der Waals surface area (Å²) in [5, 5.41) is 4.45. The highest BCUT2D eigenvalue weighted by molar-refractivity contribution is 5.82. The Morgan fingerprint density at radius 3 is 1.79 bits per heavy atom. The van der Waals surface area contributed by atoms with Gasteiger partial charge in [-0.05, 0) is 31.9 Å². The van der Waals surface area contributed by atoms with Crippen LogP contribution in [-0.2, 0) is 0 Å². The summed E-state index contributed by atoms with van der Waals surface area (Å²) in [7, 11) is 0. The molecule has 2 heteroatoms. The van der Waals surface area contributed by atoms with Crippen molar-refractivity contribution in [3.63, 3.8) is 0 Å². The minimum Gasteiger partial charge on any atom is -0.279 e. The quantitative estimate of drug-likeness (QED) is 0.200. The number of unbranched alkanes of at least 4 members (excludes halogenated alkanes) is 11. The van der Waals surface area contributed by atoms with Gasteiger partial charge in [0.25, 0.3) is 0 Å². The van der Waals surface area contributed by atoms with E-state index in [0.717, 1.165) is 12.1 Å². The van der Waals surface area contributed by atoms with E-state index in [4.69, 9.17) is 0 Å². The fourth-order valence-electron chi connectivity index (χ4n) is 2.95. The second kappa shape index (κ2) is 15.2. The average molecular weight is 331 g/mol. The molecule has 0 spiro atoms. The largest absolute Gasteiger partial charge is 0.279 e. The Labute approximate surface area is 150 Å². The van der Waals surface area contributed by atoms with Gasteiger partial charge in [-0.3, -0.25) is 5.43 Å². The van der Waals surface area contributed by atoms with Crippen molar-refractivity contribution < 1.29 is 0 Å². The Hall–Kier alpha value is -1.31. The monoisotopic (exact) mass is 330 g/mol. The number of nitrogens with zero attached hydrogens (tertiary/aromatic N) is 1. The van der Waals surface area contributed by atoms with Crippen LogP contribution in [0.25, 0.3) is 0 Å². The molecule has 0 atom stereocenters. The van der Waals surface area contributed by atoms with Crippen LogP contribution in [0.1, 0.15) is 97.3 Å². The average Bonchev–Trinajstić information content (AvgIpc) is 2.62. The first-order chi connectivity index (χ1) is 11.8. The summed E-state index contributed by atoms with van der Waals surface area (Å²) in [5.41, 5.74) is 5.39. The van der Waals surface area contributed by atoms with Gasteiger partial charge in [0.2, 0.25) is 0 Å². The van der Waals surface area contributed by atoms with Gasteiger partial charge in [0, 0.05) is 5.71 Å². The molecule has 0 aliphatic heterocycles. The van der Waals surface area contributed by atoms with Crippen LogP contribution in [0.3, 0.4) is 0 Å². The minimum absolute atomic E-state index is 1.06. The van der Waals surface area contributed by atoms with Gasteiger partial charge in [0.1, 0.15) is 0 Å². The van der Waals surface area contributed by atoms with Crippen molar-refractivity contribution in [2.75, 3.05) is 5.43 Å². The lowest BCUT2D eigenvalue weighted by Crippen LogP contribution is -1.97. The maximum atomic E-state index is 4.45. The van der Waals surface area contributed by atoms with Gasteiger partial charge in [0.05, 0.1) is 5.69 Å². The molecule has 0 saturated carbocycles. The normalized spacial score (nSPS) is 11.7. The van der Waals surface area contributed by atoms with E-state index in [2.05, 4.69) is 24.4 Å². The summed E-state index contributed by atoms with van der Waals surface area (Å²) in [6.07, 6.45) is 17.9. The Kier molecular flexibility index (Phi) is 13.2. The van der Waals surface area contributed by atoms with Crippen molar-refractivity contribution in [2.24, 2.45) is 5.10 Å². The Morgan fingerprint density at radius 2 is 1.25 bits per heavy atom. The van der Waals surface area contributed by atoms with E-state index in [-0.39, 0.29) is 0 Å². The molecule has 0 aromatic heterocycles. The van der Waals surface area contributed by atoms with Crippen molar-refractivity contribution >= 4 is 11.4 Å². The predicted octanol–water partition coefficient (Wildman–Crippen LogP) is 7.57. The van der Waals surface area contributed by atoms with Crippen LogP contribution in [0, 0.1) is 0 Å². The summed E-state index contributed by atoms with van der Waals surface area (Å²) in [4.78, 5) is 0. The highest BCUT2D eigenvalue weighted by Gasteiger charge is 1.96. The van der Waals surface area contributed by atoms with E-state index >= 15 is 0 Å². The third-order valence-corrected chi connectivity index (χ3v) is 4.54. The summed E-state index contributed by atoms with van der Waals surface area (Å²) < 4.78 is 0. The fraction of sp³-hybridized carbons (Fsp3) is 0.682. The first-order valence-electron chi connectivity index (χ1n) is 10.2. The zero-order valence-electron chi connectivity index (χ0n) is 16.0. The Balaban J connectivity index is 1.87. The van der Waals surface area contributed by atoms with Crippen LogP contribution in [-0.4, -0.2) is 5.71 Å². The molecule has 1 rings (SSSR count). The van der Waals surface area contributed by atoms with Gasteiger partial charge in [-0.25, -0.2) is 0 Å². The number of benzene rings is 1. The Morgan fingerprint density at radius 1 is 0.750 bits per heavy atom. The molecule has 1 N–H and O–H groups in total. The maximum Gasteiger partial charge on any atom is 0.0561 e. The number of para-hydroxylation sites is 1. The van der Waals surface area contributed by atoms with E-state index in [1.54, 1.807) is 0 Å². The third kappa shape index (κ3) is 12.2. The molecule has 1 aromatic rings. The molecule has 1 aromatic carbocycles. The molecule has 0 radical (unpaired) electrons. The van der Waals surface area contributed by atoms with Crippen molar-refractivity contribution in [1.82, 2.24) is 0 Å². The second-order valence-electron chi connectivity index (χ2n) is 6.96. The molecule has 24 heavy (non-hydrogen) atoms. The molecule has 0 heterocycles. The maximum absolute atomic E-state index is 4.45. The van der Waals surface area contributed by atoms with Gasteiger partial charge in [-0.1, -0.05) is 95.8 Å². The van der Waals surface area contributed by atoms with Crippen LogP contribution >= 0.6 is 0 Å². The molecule has 0 saturated heterocycles. The van der Waals surface area contributed by atoms with Crippen LogP contribution in [0.15, 0.2) is 35.4 Å². The number of hydrogen-bond donors (Lipinski definition) is 1. The van der Waals surface area contributed by atoms with Crippen molar-refractivity contribution in [3.05, 3.63) is 30.3 Å². The zero-order valence-corrected chi connectivity index (χ0v) is 16.0. The molecule has 0 fully saturated rings. The van der Waals surface area contributed by atoms with Gasteiger partial charge in [-0.15, -0.1) is 0 Å². The molecule has 0 bridgehead atoms. The third-order valence-electron chi connectivity index (χ3n) is 4.54. The molecular formula is C22H38N2. The molecule has 0 amide bonds. The summed E-state index contributed by atoms with van der Waals surface area (Å²) in [5.74, 6) is 0. The first-order valence-corrected chi connectivity index (χ1v) is 10.2. The van der Waals surface area contributed by atoms with E-state index in [1.807, 2.05) is 30.3 Å². The number of hydrogen-bond acceptors (Lipinski definition) is 2. The lowest BCUT2D eigenvalue weighted by atomic mass is 10.0. The molecule has 0 aliphatic carbocycles. The fourth-order valence-corrected chi connectivity index (χ4v) is 2.95. The number of anilines is 1. The van der Waals surface area contributed by atoms with Crippen LogP contribution < -0.4 is 5.43 Å². The molecule has 136 valence electrons. The zero-order chi connectivity index (χ0) is 17.3. The first kappa shape index (κ1) is 20.7. The summed E-state index contributed by atoms with van der Waals surface area (Å²) in [6, 6.07) is 10.2. The standard InChI is InChI=1S/C22H38N2/c1-3-4-5-6-7-8-9-10-11-12-13-15-18-21(2)23-24-22-19-16-14-17-20-22/h14,16-17,19-20,24H,3-13,15,18H2,1-2H3. The van der Waals surface area contributed by atoms with E-state index < -0.39 is 0 Å². The van der Waals surface area contributed by atoms with Gasteiger partial charge < -0.3 is 0 Å². The van der Waals surface area contributed by atoms with Crippen molar-refractivity contribution in [3.8, 4) is 0 Å². The SMILES string of the molecule is CCCCCCCCCCCCCCC(C)=NNc1ccccc1. The molecule has 2 nitrogen and oxygen atoms in total. The second-order valence-corrected chi connectivity index (χ2v) is 6.96. The topological polar surface area (TPSA) is 24.4 Å². The number of nitrogens with one attached hydrogen (secondary N) is 1. The van der Waals surface area contributed by atoms with Crippen molar-refractivity contribution in [2.45, 2.75) is 97.3 Å². The molecular weight excluding hydrogens is 292 g/mol. The number of rotatable bonds is 15. The van der Waals surface area contributed by atoms with E-state index in [0.29, 0.717) is 0 Å². The summed E-state index contributed by atoms with van der Waals surface area (Å²) in [6.45, 7) is 4.40. The number of hydrazone groups is 1. The smallest absolute Gasteiger partial charge is 0.0561 e. The molecule has 0 aliphatic rings. The van der Waals surface area contributed by atoms with Crippen LogP contribution in [0.2, 0.25) is 0 Å². The van der Waals surface area contributed by atoms with E-state index in [1.165, 1.54) is 82.8 Å². The predicted molar refractivity (Wildman–Crippen MR) is 109 cm³/mol. The minimum atomic E-state index is 1.06. The van der Waals surface area contributed by atoms with E-state index in [9.17, 15) is 0 Å². The highest BCUT2D eigenvalue weighted by Crippen LogP contribution is 2.13. The van der Waals surface area contributed by atoms with Crippen molar-refractivity contribution in [1.29, 1.82) is 0 Å².